The number of rotatable bonds is 5. The predicted molar refractivity (Wildman–Crippen MR) is 91.6 cm³/mol. The Kier molecular flexibility index (Phi) is 4.74. The molecule has 2 aromatic carbocycles. The van der Waals surface area contributed by atoms with Gasteiger partial charge in [0.1, 0.15) is 0 Å². The molecule has 2 aromatic rings. The monoisotopic (exact) mass is 284 g/mol. The van der Waals surface area contributed by atoms with E-state index in [0.29, 0.717) is 0 Å². The van der Waals surface area contributed by atoms with Gasteiger partial charge in [-0.15, -0.1) is 12.3 Å². The third-order valence-corrected chi connectivity index (χ3v) is 10.7. The Morgan fingerprint density at radius 3 is 1.68 bits per heavy atom. The zero-order valence-corrected chi connectivity index (χ0v) is 13.6. The van der Waals surface area contributed by atoms with Gasteiger partial charge in [0.15, 0.2) is 0 Å². The second-order valence-electron chi connectivity index (χ2n) is 5.45. The Labute approximate surface area is 119 Å². The van der Waals surface area contributed by atoms with Crippen LogP contribution in [0.25, 0.3) is 0 Å². The molecule has 0 atom stereocenters. The van der Waals surface area contributed by atoms with Crippen LogP contribution in [0.3, 0.4) is 0 Å². The van der Waals surface area contributed by atoms with Crippen LogP contribution >= 0.6 is 7.92 Å². The topological polar surface area (TPSA) is 0 Å². The highest BCUT2D eigenvalue weighted by atomic mass is 31.1. The van der Waals surface area contributed by atoms with Crippen molar-refractivity contribution in [3.63, 3.8) is 0 Å². The van der Waals surface area contributed by atoms with Crippen molar-refractivity contribution in [1.29, 1.82) is 0 Å². The van der Waals surface area contributed by atoms with Crippen molar-refractivity contribution in [3.05, 3.63) is 72.9 Å². The molecule has 0 spiro atoms. The van der Waals surface area contributed by atoms with E-state index >= 15 is 0 Å². The molecule has 0 unspecified atom stereocenters. The van der Waals surface area contributed by atoms with Crippen LogP contribution in [0.4, 0.5) is 0 Å². The molecule has 0 fully saturated rings. The number of hydrogen-bond donors (Lipinski definition) is 0. The van der Waals surface area contributed by atoms with E-state index in [1.807, 2.05) is 0 Å². The maximum atomic E-state index is 4.04. The van der Waals surface area contributed by atoms with Crippen molar-refractivity contribution in [2.75, 3.05) is 5.79 Å². The lowest BCUT2D eigenvalue weighted by Crippen LogP contribution is -2.32. The molecular weight excluding hydrogens is 263 g/mol. The lowest BCUT2D eigenvalue weighted by Gasteiger charge is -2.26. The largest absolute Gasteiger partial charge is 0.107 e. The van der Waals surface area contributed by atoms with Crippen LogP contribution in [0.2, 0.25) is 13.1 Å². The summed E-state index contributed by atoms with van der Waals surface area (Å²) in [6.07, 6.45) is 0. The van der Waals surface area contributed by atoms with Gasteiger partial charge in [-0.05, 0) is 24.3 Å². The van der Waals surface area contributed by atoms with Crippen LogP contribution in [0.15, 0.2) is 72.9 Å². The first-order chi connectivity index (χ1) is 9.12. The Hall–Kier alpha value is -1.17. The fourth-order valence-corrected chi connectivity index (χ4v) is 8.62. The summed E-state index contributed by atoms with van der Waals surface area (Å²) in [7, 11) is -1.57. The summed E-state index contributed by atoms with van der Waals surface area (Å²) in [4.78, 5) is 0. The average molecular weight is 284 g/mol. The Balaban J connectivity index is 2.37. The van der Waals surface area contributed by atoms with Crippen molar-refractivity contribution < 1.29 is 0 Å². The van der Waals surface area contributed by atoms with Gasteiger partial charge in [0.25, 0.3) is 0 Å². The summed E-state index contributed by atoms with van der Waals surface area (Å²) < 4.78 is 0. The van der Waals surface area contributed by atoms with Crippen LogP contribution in [-0.2, 0) is 0 Å². The first-order valence-corrected chi connectivity index (χ1v) is 11.4. The smallest absolute Gasteiger partial charge is 0.0757 e. The van der Waals surface area contributed by atoms with E-state index in [0.717, 1.165) is 0 Å². The van der Waals surface area contributed by atoms with Gasteiger partial charge < -0.3 is 0 Å². The molecule has 0 aliphatic heterocycles. The van der Waals surface area contributed by atoms with Gasteiger partial charge in [0, 0.05) is 0 Å². The molecule has 0 saturated heterocycles. The maximum Gasteiger partial charge on any atom is 0.0757 e. The summed E-state index contributed by atoms with van der Waals surface area (Å²) >= 11 is 0. The number of benzene rings is 2. The van der Waals surface area contributed by atoms with Crippen molar-refractivity contribution in [3.8, 4) is 0 Å². The molecule has 0 saturated carbocycles. The van der Waals surface area contributed by atoms with Gasteiger partial charge in [0.2, 0.25) is 0 Å². The van der Waals surface area contributed by atoms with Crippen LogP contribution < -0.4 is 10.6 Å². The molecule has 98 valence electrons. The van der Waals surface area contributed by atoms with Crippen molar-refractivity contribution in [1.82, 2.24) is 0 Å². The first kappa shape index (κ1) is 14.2. The van der Waals surface area contributed by atoms with E-state index in [1.165, 1.54) is 16.4 Å². The summed E-state index contributed by atoms with van der Waals surface area (Å²) in [5.41, 5.74) is 2.22. The molecular formula is C17H21PSi. The van der Waals surface area contributed by atoms with Gasteiger partial charge in [0.05, 0.1) is 8.07 Å². The maximum absolute atomic E-state index is 4.04. The summed E-state index contributed by atoms with van der Waals surface area (Å²) in [5, 5.41) is 2.96. The molecule has 0 radical (unpaired) electrons. The fraction of sp³-hybridized carbons (Fsp3) is 0.176. The van der Waals surface area contributed by atoms with Crippen molar-refractivity contribution in [2.45, 2.75) is 13.1 Å². The van der Waals surface area contributed by atoms with Crippen LogP contribution in [0.1, 0.15) is 0 Å². The fourth-order valence-electron chi connectivity index (χ4n) is 2.02. The molecule has 0 nitrogen and oxygen atoms in total. The van der Waals surface area contributed by atoms with E-state index < -0.39 is 8.07 Å². The lowest BCUT2D eigenvalue weighted by atomic mass is 10.4. The van der Waals surface area contributed by atoms with Gasteiger partial charge in [-0.3, -0.25) is 0 Å². The molecule has 19 heavy (non-hydrogen) atoms. The van der Waals surface area contributed by atoms with E-state index in [1.54, 1.807) is 0 Å². The second kappa shape index (κ2) is 6.32. The molecule has 0 amide bonds. The Bertz CT molecular complexity index is 480. The van der Waals surface area contributed by atoms with Crippen LogP contribution in [0, 0.1) is 0 Å². The number of hydrogen-bond acceptors (Lipinski definition) is 0. The van der Waals surface area contributed by atoms with Crippen LogP contribution in [0.5, 0.6) is 0 Å². The normalized spacial score (nSPS) is 11.5. The molecule has 2 heteroatoms. The highest BCUT2D eigenvalue weighted by Crippen LogP contribution is 2.36. The van der Waals surface area contributed by atoms with Gasteiger partial charge in [-0.1, -0.05) is 73.8 Å². The molecule has 0 heterocycles. The van der Waals surface area contributed by atoms with E-state index in [4.69, 9.17) is 0 Å². The summed E-state index contributed by atoms with van der Waals surface area (Å²) in [6.45, 7) is 8.85. The van der Waals surface area contributed by atoms with Gasteiger partial charge in [-0.2, -0.15) is 0 Å². The highest BCUT2D eigenvalue weighted by Gasteiger charge is 2.24. The Morgan fingerprint density at radius 2 is 1.32 bits per heavy atom. The third kappa shape index (κ3) is 3.89. The zero-order chi connectivity index (χ0) is 13.7. The van der Waals surface area contributed by atoms with E-state index in [2.05, 4.69) is 86.0 Å². The molecule has 2 rings (SSSR count). The SMILES string of the molecule is C=C[Si](C)(C)CP(c1ccccc1)c1ccccc1. The van der Waals surface area contributed by atoms with Gasteiger partial charge >= 0.3 is 0 Å². The second-order valence-corrected chi connectivity index (χ2v) is 13.0. The van der Waals surface area contributed by atoms with Gasteiger partial charge in [-0.25, -0.2) is 0 Å². The standard InChI is InChI=1S/C17H21PSi/c1-4-19(2,3)15-18(16-11-7-5-8-12-16)17-13-9-6-10-14-17/h4-14H,1,15H2,2-3H3. The van der Waals surface area contributed by atoms with E-state index in [9.17, 15) is 0 Å². The average Bonchev–Trinajstić information content (AvgIpc) is 2.47. The first-order valence-electron chi connectivity index (χ1n) is 6.64. The zero-order valence-electron chi connectivity index (χ0n) is 11.7. The highest BCUT2D eigenvalue weighted by molar-refractivity contribution is 7.75. The predicted octanol–water partition coefficient (Wildman–Crippen LogP) is 4.09. The summed E-state index contributed by atoms with van der Waals surface area (Å²) in [5.74, 6) is 1.28. The minimum absolute atomic E-state index is 0.254. The molecule has 0 aromatic heterocycles. The van der Waals surface area contributed by atoms with Crippen molar-refractivity contribution in [2.24, 2.45) is 0 Å². The molecule has 0 N–H and O–H groups in total. The van der Waals surface area contributed by atoms with E-state index in [-0.39, 0.29) is 7.92 Å². The lowest BCUT2D eigenvalue weighted by molar-refractivity contribution is 1.69. The minimum atomic E-state index is -1.31. The minimum Gasteiger partial charge on any atom is -0.107 e. The van der Waals surface area contributed by atoms with Crippen LogP contribution in [-0.4, -0.2) is 13.9 Å². The molecule has 0 aliphatic rings. The summed E-state index contributed by atoms with van der Waals surface area (Å²) in [6, 6.07) is 21.9. The van der Waals surface area contributed by atoms with Crippen molar-refractivity contribution >= 4 is 26.6 Å². The molecule has 0 bridgehead atoms. The quantitative estimate of drug-likeness (QED) is 0.573. The molecule has 0 aliphatic carbocycles. The third-order valence-electron chi connectivity index (χ3n) is 3.25. The Morgan fingerprint density at radius 1 is 0.895 bits per heavy atom.